The molecule has 0 amide bonds. The number of aliphatic hydroxyl groups excluding tert-OH is 1. The molecule has 2 aromatic heterocycles. The van der Waals surface area contributed by atoms with Crippen molar-refractivity contribution in [1.29, 1.82) is 0 Å². The molecule has 4 heterocycles. The van der Waals surface area contributed by atoms with Gasteiger partial charge in [0, 0.05) is 44.4 Å². The molecule has 4 rings (SSSR count). The summed E-state index contributed by atoms with van der Waals surface area (Å²) in [5, 5.41) is 12.9. The monoisotopic (exact) mass is 389 g/mol. The summed E-state index contributed by atoms with van der Waals surface area (Å²) in [6, 6.07) is 3.81. The van der Waals surface area contributed by atoms with Crippen molar-refractivity contribution in [3.8, 4) is 0 Å². The molecule has 0 aromatic carbocycles. The third-order valence-electron chi connectivity index (χ3n) is 6.23. The van der Waals surface area contributed by atoms with Crippen molar-refractivity contribution < 1.29 is 5.11 Å². The number of piperidine rings is 1. The Labute approximate surface area is 165 Å². The summed E-state index contributed by atoms with van der Waals surface area (Å²) in [5.74, 6) is 1.05. The van der Waals surface area contributed by atoms with Crippen LogP contribution < -0.4 is 4.90 Å². The van der Waals surface area contributed by atoms with Crippen LogP contribution in [-0.4, -0.2) is 82.3 Å². The lowest BCUT2D eigenvalue weighted by atomic mass is 9.97. The van der Waals surface area contributed by atoms with Crippen molar-refractivity contribution in [1.82, 2.24) is 19.8 Å². The molecule has 0 saturated carbocycles. The molecule has 27 heavy (non-hydrogen) atoms. The highest BCUT2D eigenvalue weighted by molar-refractivity contribution is 7.16. The van der Waals surface area contributed by atoms with E-state index in [-0.39, 0.29) is 6.61 Å². The van der Waals surface area contributed by atoms with Gasteiger partial charge in [0.05, 0.1) is 5.39 Å². The van der Waals surface area contributed by atoms with Crippen LogP contribution in [-0.2, 0) is 0 Å². The van der Waals surface area contributed by atoms with Gasteiger partial charge in [-0.05, 0) is 57.6 Å². The first-order valence-corrected chi connectivity index (χ1v) is 11.1. The van der Waals surface area contributed by atoms with E-state index in [1.165, 1.54) is 25.9 Å². The van der Waals surface area contributed by atoms with E-state index < -0.39 is 0 Å². The minimum Gasteiger partial charge on any atom is -0.396 e. The predicted molar refractivity (Wildman–Crippen MR) is 112 cm³/mol. The maximum absolute atomic E-state index is 9.67. The first-order valence-electron chi connectivity index (χ1n) is 10.2. The molecule has 2 fully saturated rings. The number of likely N-dealkylation sites (tertiary alicyclic amines) is 1. The fourth-order valence-electron chi connectivity index (χ4n) is 4.71. The maximum Gasteiger partial charge on any atom is 0.140 e. The van der Waals surface area contributed by atoms with Crippen LogP contribution in [0.25, 0.3) is 10.2 Å². The van der Waals surface area contributed by atoms with Crippen LogP contribution in [0.5, 0.6) is 0 Å². The molecule has 7 heteroatoms. The van der Waals surface area contributed by atoms with E-state index >= 15 is 0 Å². The van der Waals surface area contributed by atoms with Gasteiger partial charge in [-0.25, -0.2) is 9.97 Å². The average molecular weight is 390 g/mol. The maximum atomic E-state index is 9.67. The molecule has 1 atom stereocenters. The van der Waals surface area contributed by atoms with Crippen LogP contribution in [0.4, 0.5) is 5.82 Å². The van der Waals surface area contributed by atoms with Crippen molar-refractivity contribution in [3.05, 3.63) is 17.8 Å². The number of fused-ring (bicyclic) bond motifs is 1. The van der Waals surface area contributed by atoms with E-state index in [9.17, 15) is 5.11 Å². The number of rotatable bonds is 5. The Morgan fingerprint density at radius 1 is 1.19 bits per heavy atom. The van der Waals surface area contributed by atoms with Gasteiger partial charge in [0.15, 0.2) is 0 Å². The molecule has 148 valence electrons. The summed E-state index contributed by atoms with van der Waals surface area (Å²) in [5.41, 5.74) is 0. The van der Waals surface area contributed by atoms with Gasteiger partial charge in [0.2, 0.25) is 0 Å². The van der Waals surface area contributed by atoms with Crippen LogP contribution in [0, 0.1) is 0 Å². The first kappa shape index (κ1) is 19.1. The molecule has 2 aliphatic heterocycles. The summed E-state index contributed by atoms with van der Waals surface area (Å²) in [6.45, 7) is 10.2. The molecule has 0 radical (unpaired) electrons. The Hall–Kier alpha value is -1.28. The van der Waals surface area contributed by atoms with Crippen LogP contribution in [0.3, 0.4) is 0 Å². The largest absolute Gasteiger partial charge is 0.396 e. The zero-order valence-electron chi connectivity index (χ0n) is 16.4. The second-order valence-electron chi connectivity index (χ2n) is 8.05. The summed E-state index contributed by atoms with van der Waals surface area (Å²) in [7, 11) is 0. The highest BCUT2D eigenvalue weighted by atomic mass is 32.1. The van der Waals surface area contributed by atoms with E-state index in [1.807, 2.05) is 0 Å². The van der Waals surface area contributed by atoms with Crippen molar-refractivity contribution in [2.45, 2.75) is 51.2 Å². The summed E-state index contributed by atoms with van der Waals surface area (Å²) < 4.78 is 0. The number of hydrogen-bond donors (Lipinski definition) is 1. The minimum atomic E-state index is 0.248. The normalized spacial score (nSPS) is 23.6. The van der Waals surface area contributed by atoms with Gasteiger partial charge >= 0.3 is 0 Å². The van der Waals surface area contributed by atoms with Crippen molar-refractivity contribution in [2.75, 3.05) is 44.2 Å². The molecular formula is C20H31N5OS. The average Bonchev–Trinajstić information content (AvgIpc) is 3.17. The molecule has 6 nitrogen and oxygen atoms in total. The number of nitrogens with zero attached hydrogens (tertiary/aromatic N) is 5. The number of hydrogen-bond acceptors (Lipinski definition) is 7. The molecule has 2 saturated heterocycles. The van der Waals surface area contributed by atoms with Crippen molar-refractivity contribution >= 4 is 27.4 Å². The smallest absolute Gasteiger partial charge is 0.140 e. The Bertz CT molecular complexity index is 743. The zero-order valence-corrected chi connectivity index (χ0v) is 17.2. The number of aromatic nitrogens is 2. The Morgan fingerprint density at radius 2 is 2.00 bits per heavy atom. The summed E-state index contributed by atoms with van der Waals surface area (Å²) in [4.78, 5) is 17.7. The number of anilines is 1. The second-order valence-corrected chi connectivity index (χ2v) is 8.94. The Morgan fingerprint density at radius 3 is 2.74 bits per heavy atom. The van der Waals surface area contributed by atoms with E-state index in [4.69, 9.17) is 0 Å². The second kappa shape index (κ2) is 8.39. The quantitative estimate of drug-likeness (QED) is 0.848. The van der Waals surface area contributed by atoms with Gasteiger partial charge in [0.1, 0.15) is 17.0 Å². The molecule has 2 aliphatic rings. The van der Waals surface area contributed by atoms with Crippen LogP contribution in [0.1, 0.15) is 33.1 Å². The van der Waals surface area contributed by atoms with E-state index in [2.05, 4.69) is 50.0 Å². The van der Waals surface area contributed by atoms with Gasteiger partial charge in [-0.1, -0.05) is 0 Å². The van der Waals surface area contributed by atoms with Gasteiger partial charge in [-0.3, -0.25) is 4.90 Å². The van der Waals surface area contributed by atoms with E-state index in [1.54, 1.807) is 17.7 Å². The third-order valence-corrected chi connectivity index (χ3v) is 7.05. The highest BCUT2D eigenvalue weighted by Crippen LogP contribution is 2.30. The topological polar surface area (TPSA) is 55.7 Å². The molecule has 0 bridgehead atoms. The van der Waals surface area contributed by atoms with Crippen LogP contribution >= 0.6 is 11.3 Å². The number of thiophene rings is 1. The van der Waals surface area contributed by atoms with Gasteiger partial charge in [-0.2, -0.15) is 0 Å². The molecule has 2 aromatic rings. The van der Waals surface area contributed by atoms with Crippen LogP contribution in [0.15, 0.2) is 17.8 Å². The lowest BCUT2D eigenvalue weighted by Crippen LogP contribution is -2.59. The molecular weight excluding hydrogens is 358 g/mol. The molecule has 0 spiro atoms. The van der Waals surface area contributed by atoms with Crippen LogP contribution in [0.2, 0.25) is 0 Å². The van der Waals surface area contributed by atoms with E-state index in [0.29, 0.717) is 18.1 Å². The molecule has 0 unspecified atom stereocenters. The molecule has 0 aliphatic carbocycles. The number of aliphatic hydroxyl groups is 1. The highest BCUT2D eigenvalue weighted by Gasteiger charge is 2.34. The van der Waals surface area contributed by atoms with E-state index in [0.717, 1.165) is 42.1 Å². The number of piperazine rings is 1. The first-order chi connectivity index (χ1) is 13.2. The third kappa shape index (κ3) is 3.97. The fraction of sp³-hybridized carbons (Fsp3) is 0.700. The van der Waals surface area contributed by atoms with Gasteiger partial charge in [0.25, 0.3) is 0 Å². The van der Waals surface area contributed by atoms with Gasteiger partial charge in [-0.15, -0.1) is 11.3 Å². The Kier molecular flexibility index (Phi) is 5.92. The predicted octanol–water partition coefficient (Wildman–Crippen LogP) is 2.44. The minimum absolute atomic E-state index is 0.248. The lowest BCUT2D eigenvalue weighted by Gasteiger charge is -2.48. The van der Waals surface area contributed by atoms with Crippen molar-refractivity contribution in [2.24, 2.45) is 0 Å². The SMILES string of the molecule is CC(C)N1CCC(N2CCN(c3ncnc4sccc34)C[C@@H]2CCO)CC1. The van der Waals surface area contributed by atoms with Gasteiger partial charge < -0.3 is 14.9 Å². The standard InChI is InChI=1S/C20H31N5OS/c1-15(2)23-7-3-16(4-8-23)25-10-9-24(13-17(25)5-11-26)19-18-6-12-27-20(18)22-14-21-19/h6,12,14-17,26H,3-5,7-11,13H2,1-2H3/t17-/m0/s1. The summed E-state index contributed by atoms with van der Waals surface area (Å²) in [6.07, 6.45) is 4.99. The zero-order chi connectivity index (χ0) is 18.8. The Balaban J connectivity index is 1.47. The van der Waals surface area contributed by atoms with Crippen molar-refractivity contribution in [3.63, 3.8) is 0 Å². The summed E-state index contributed by atoms with van der Waals surface area (Å²) >= 11 is 1.67. The molecule has 1 N–H and O–H groups in total. The lowest BCUT2D eigenvalue weighted by molar-refractivity contribution is 0.0463. The fourth-order valence-corrected chi connectivity index (χ4v) is 5.44.